The smallest absolute Gasteiger partial charge is 0.218 e. The van der Waals surface area contributed by atoms with Crippen molar-refractivity contribution in [3.63, 3.8) is 0 Å². The summed E-state index contributed by atoms with van der Waals surface area (Å²) in [4.78, 5) is 8.44. The molecule has 2 N–H and O–H groups in total. The maximum atomic E-state index is 5.61. The lowest BCUT2D eigenvalue weighted by Gasteiger charge is -2.13. The third-order valence-electron chi connectivity index (χ3n) is 2.87. The highest BCUT2D eigenvalue weighted by atomic mass is 127. The number of unbranched alkanes of at least 4 members (excludes halogenated alkanes) is 1. The second-order valence-corrected chi connectivity index (χ2v) is 4.52. The fraction of sp³-hybridized carbons (Fsp3) is 0.600. The van der Waals surface area contributed by atoms with Gasteiger partial charge in [0, 0.05) is 39.0 Å². The van der Waals surface area contributed by atoms with E-state index in [1.54, 1.807) is 20.4 Å². The molecule has 0 aliphatic heterocycles. The van der Waals surface area contributed by atoms with Gasteiger partial charge in [-0.25, -0.2) is 4.98 Å². The van der Waals surface area contributed by atoms with Gasteiger partial charge in [-0.3, -0.25) is 4.99 Å². The molecule has 0 spiro atoms. The molecule has 0 atom stereocenters. The number of nitrogens with zero attached hydrogens (tertiary/aromatic N) is 2. The molecule has 7 heteroatoms. The highest BCUT2D eigenvalue weighted by Gasteiger charge is 2.05. The average molecular weight is 422 g/mol. The number of aliphatic imine (C=N–C) groups is 1. The Bertz CT molecular complexity index is 430. The van der Waals surface area contributed by atoms with E-state index in [1.807, 2.05) is 12.1 Å². The minimum Gasteiger partial charge on any atom is -0.475 e. The van der Waals surface area contributed by atoms with Crippen LogP contribution in [0.1, 0.15) is 25.3 Å². The number of nitrogens with one attached hydrogen (secondary N) is 2. The van der Waals surface area contributed by atoms with E-state index in [2.05, 4.69) is 27.5 Å². The van der Waals surface area contributed by atoms with Crippen molar-refractivity contribution in [2.75, 3.05) is 33.9 Å². The molecular formula is C15H27IN4O2. The molecule has 0 amide bonds. The van der Waals surface area contributed by atoms with Crippen LogP contribution in [0, 0.1) is 0 Å². The molecule has 22 heavy (non-hydrogen) atoms. The molecule has 1 heterocycles. The Balaban J connectivity index is 0.00000441. The number of pyridine rings is 1. The van der Waals surface area contributed by atoms with Gasteiger partial charge in [0.1, 0.15) is 6.61 Å². The summed E-state index contributed by atoms with van der Waals surface area (Å²) < 4.78 is 10.6. The largest absolute Gasteiger partial charge is 0.475 e. The summed E-state index contributed by atoms with van der Waals surface area (Å²) >= 11 is 0. The van der Waals surface area contributed by atoms with E-state index < -0.39 is 0 Å². The monoisotopic (exact) mass is 422 g/mol. The molecule has 1 rings (SSSR count). The third kappa shape index (κ3) is 8.38. The van der Waals surface area contributed by atoms with Crippen LogP contribution >= 0.6 is 24.0 Å². The first-order chi connectivity index (χ1) is 10.3. The molecule has 0 unspecified atom stereocenters. The van der Waals surface area contributed by atoms with Gasteiger partial charge < -0.3 is 20.1 Å². The van der Waals surface area contributed by atoms with Crippen LogP contribution in [0.15, 0.2) is 23.3 Å². The predicted molar refractivity (Wildman–Crippen MR) is 100 cm³/mol. The van der Waals surface area contributed by atoms with Crippen LogP contribution in [0.5, 0.6) is 5.88 Å². The van der Waals surface area contributed by atoms with Gasteiger partial charge in [0.25, 0.3) is 0 Å². The predicted octanol–water partition coefficient (Wildman–Crippen LogP) is 2.19. The van der Waals surface area contributed by atoms with Crippen LogP contribution in [-0.2, 0) is 11.3 Å². The molecule has 126 valence electrons. The van der Waals surface area contributed by atoms with Crippen LogP contribution in [0.4, 0.5) is 0 Å². The Labute approximate surface area is 150 Å². The minimum atomic E-state index is 0. The van der Waals surface area contributed by atoms with Crippen LogP contribution in [-0.4, -0.2) is 44.9 Å². The average Bonchev–Trinajstić information content (AvgIpc) is 2.52. The Morgan fingerprint density at radius 3 is 2.82 bits per heavy atom. The lowest BCUT2D eigenvalue weighted by atomic mass is 10.2. The van der Waals surface area contributed by atoms with Gasteiger partial charge in [0.05, 0.1) is 6.61 Å². The van der Waals surface area contributed by atoms with Crippen molar-refractivity contribution in [1.29, 1.82) is 0 Å². The van der Waals surface area contributed by atoms with Gasteiger partial charge in [0.15, 0.2) is 5.96 Å². The number of guanidine groups is 1. The summed E-state index contributed by atoms with van der Waals surface area (Å²) in [5, 5.41) is 6.53. The fourth-order valence-electron chi connectivity index (χ4n) is 1.69. The van der Waals surface area contributed by atoms with Crippen LogP contribution < -0.4 is 15.4 Å². The van der Waals surface area contributed by atoms with E-state index >= 15 is 0 Å². The van der Waals surface area contributed by atoms with Crippen molar-refractivity contribution >= 4 is 29.9 Å². The molecule has 0 aromatic carbocycles. The van der Waals surface area contributed by atoms with Gasteiger partial charge in [0.2, 0.25) is 5.88 Å². The fourth-order valence-corrected chi connectivity index (χ4v) is 1.69. The molecule has 6 nitrogen and oxygen atoms in total. The summed E-state index contributed by atoms with van der Waals surface area (Å²) in [5.41, 5.74) is 0.993. The van der Waals surface area contributed by atoms with E-state index in [-0.39, 0.29) is 24.0 Å². The van der Waals surface area contributed by atoms with E-state index in [0.717, 1.165) is 30.9 Å². The Kier molecular flexibility index (Phi) is 12.9. The zero-order chi connectivity index (χ0) is 15.3. The maximum Gasteiger partial charge on any atom is 0.218 e. The zero-order valence-corrected chi connectivity index (χ0v) is 15.9. The summed E-state index contributed by atoms with van der Waals surface area (Å²) in [5.74, 6) is 1.42. The molecule has 0 aliphatic carbocycles. The number of methoxy groups -OCH3 is 1. The van der Waals surface area contributed by atoms with E-state index in [4.69, 9.17) is 9.47 Å². The first-order valence-corrected chi connectivity index (χ1v) is 7.32. The van der Waals surface area contributed by atoms with Crippen molar-refractivity contribution in [1.82, 2.24) is 15.6 Å². The Morgan fingerprint density at radius 1 is 1.32 bits per heavy atom. The highest BCUT2D eigenvalue weighted by molar-refractivity contribution is 14.0. The lowest BCUT2D eigenvalue weighted by Crippen LogP contribution is -2.37. The Hall–Kier alpha value is -1.09. The quantitative estimate of drug-likeness (QED) is 0.277. The van der Waals surface area contributed by atoms with Crippen LogP contribution in [0.25, 0.3) is 0 Å². The molecule has 1 aromatic heterocycles. The van der Waals surface area contributed by atoms with E-state index in [9.17, 15) is 0 Å². The topological polar surface area (TPSA) is 67.8 Å². The zero-order valence-electron chi connectivity index (χ0n) is 13.6. The van der Waals surface area contributed by atoms with Crippen molar-refractivity contribution in [3.05, 3.63) is 23.9 Å². The number of aromatic nitrogens is 1. The van der Waals surface area contributed by atoms with E-state index in [1.165, 1.54) is 0 Å². The molecule has 0 bridgehead atoms. The number of hydrogen-bond acceptors (Lipinski definition) is 4. The van der Waals surface area contributed by atoms with Gasteiger partial charge in [-0.2, -0.15) is 0 Å². The summed E-state index contributed by atoms with van der Waals surface area (Å²) in [6.07, 6.45) is 4.00. The van der Waals surface area contributed by atoms with Gasteiger partial charge in [-0.05, 0) is 12.5 Å². The minimum absolute atomic E-state index is 0. The second-order valence-electron chi connectivity index (χ2n) is 4.52. The van der Waals surface area contributed by atoms with E-state index in [0.29, 0.717) is 25.6 Å². The van der Waals surface area contributed by atoms with Crippen molar-refractivity contribution < 1.29 is 9.47 Å². The van der Waals surface area contributed by atoms with Crippen molar-refractivity contribution in [2.24, 2.45) is 4.99 Å². The van der Waals surface area contributed by atoms with Crippen molar-refractivity contribution in [3.8, 4) is 5.88 Å². The standard InChI is InChI=1S/C15H26N4O2.HI/c1-4-5-8-18-15(16-2)19-12-13-7-6-9-17-14(13)21-11-10-20-3;/h6-7,9H,4-5,8,10-12H2,1-3H3,(H2,16,18,19);1H. The van der Waals surface area contributed by atoms with Gasteiger partial charge in [-0.1, -0.05) is 19.4 Å². The third-order valence-corrected chi connectivity index (χ3v) is 2.87. The first kappa shape index (κ1) is 20.9. The molecule has 1 aromatic rings. The van der Waals surface area contributed by atoms with Crippen LogP contribution in [0.2, 0.25) is 0 Å². The maximum absolute atomic E-state index is 5.61. The number of hydrogen-bond donors (Lipinski definition) is 2. The summed E-state index contributed by atoms with van der Waals surface area (Å²) in [6.45, 7) is 4.73. The molecule has 0 fully saturated rings. The summed E-state index contributed by atoms with van der Waals surface area (Å²) in [7, 11) is 3.41. The summed E-state index contributed by atoms with van der Waals surface area (Å²) in [6, 6.07) is 3.88. The molecule has 0 saturated heterocycles. The molecule has 0 radical (unpaired) electrons. The van der Waals surface area contributed by atoms with Crippen LogP contribution in [0.3, 0.4) is 0 Å². The van der Waals surface area contributed by atoms with Gasteiger partial charge >= 0.3 is 0 Å². The second kappa shape index (κ2) is 13.6. The lowest BCUT2D eigenvalue weighted by molar-refractivity contribution is 0.143. The van der Waals surface area contributed by atoms with Crippen molar-refractivity contribution in [2.45, 2.75) is 26.3 Å². The number of ether oxygens (including phenoxy) is 2. The SMILES string of the molecule is CCCCNC(=NC)NCc1cccnc1OCCOC.I. The first-order valence-electron chi connectivity index (χ1n) is 7.32. The highest BCUT2D eigenvalue weighted by Crippen LogP contribution is 2.13. The Morgan fingerprint density at radius 2 is 2.14 bits per heavy atom. The number of halogens is 1. The molecular weight excluding hydrogens is 395 g/mol. The molecule has 0 aliphatic rings. The van der Waals surface area contributed by atoms with Gasteiger partial charge in [-0.15, -0.1) is 24.0 Å². The number of rotatable bonds is 9. The molecule has 0 saturated carbocycles. The normalized spacial score (nSPS) is 10.8.